The molecule has 0 spiro atoms. The molecule has 2 N–H and O–H groups in total. The van der Waals surface area contributed by atoms with Crippen LogP contribution in [0.2, 0.25) is 0 Å². The zero-order valence-corrected chi connectivity index (χ0v) is 11.4. The molecule has 6 heteroatoms. The molecule has 0 heterocycles. The number of Topliss-reactive ketones (excluding diaryl/α,β-unsaturated/α-hetero) is 2. The molecule has 0 aliphatic heterocycles. The second-order valence-electron chi connectivity index (χ2n) is 4.34. The zero-order valence-electron chi connectivity index (χ0n) is 11.4. The van der Waals surface area contributed by atoms with Crippen molar-refractivity contribution < 1.29 is 19.2 Å². The summed E-state index contributed by atoms with van der Waals surface area (Å²) in [5.74, 6) is -1.27. The Morgan fingerprint density at radius 3 is 2.40 bits per heavy atom. The van der Waals surface area contributed by atoms with E-state index in [0.29, 0.717) is 11.3 Å². The monoisotopic (exact) mass is 276 g/mol. The highest BCUT2D eigenvalue weighted by Gasteiger charge is 2.10. The van der Waals surface area contributed by atoms with Gasteiger partial charge in [-0.25, -0.2) is 0 Å². The maximum absolute atomic E-state index is 11.9. The zero-order chi connectivity index (χ0) is 15.1. The Balaban J connectivity index is 2.61. The highest BCUT2D eigenvalue weighted by Crippen LogP contribution is 2.10. The maximum atomic E-state index is 11.9. The Morgan fingerprint density at radius 2 is 1.80 bits per heavy atom. The molecule has 0 radical (unpaired) electrons. The molecule has 0 fully saturated rings. The summed E-state index contributed by atoms with van der Waals surface area (Å²) in [5, 5.41) is 4.94. The van der Waals surface area contributed by atoms with Crippen LogP contribution in [0.4, 0.5) is 5.69 Å². The SMILES string of the molecule is CC(=O)CC(=O)NCC(=O)c1cccc(NC(C)=O)c1. The van der Waals surface area contributed by atoms with Gasteiger partial charge in [0.15, 0.2) is 5.78 Å². The third kappa shape index (κ3) is 5.43. The molecule has 0 saturated carbocycles. The summed E-state index contributed by atoms with van der Waals surface area (Å²) in [6, 6.07) is 6.41. The number of ketones is 2. The van der Waals surface area contributed by atoms with Crippen molar-refractivity contribution in [2.24, 2.45) is 0 Å². The van der Waals surface area contributed by atoms with Gasteiger partial charge in [-0.3, -0.25) is 19.2 Å². The molecule has 0 aromatic heterocycles. The molecule has 2 amide bonds. The van der Waals surface area contributed by atoms with Crippen molar-refractivity contribution in [2.75, 3.05) is 11.9 Å². The van der Waals surface area contributed by atoms with Gasteiger partial charge < -0.3 is 10.6 Å². The maximum Gasteiger partial charge on any atom is 0.227 e. The van der Waals surface area contributed by atoms with Crippen LogP contribution in [-0.4, -0.2) is 29.9 Å². The minimum absolute atomic E-state index is 0.185. The second kappa shape index (κ2) is 7.18. The summed E-state index contributed by atoms with van der Waals surface area (Å²) in [6.07, 6.45) is -0.237. The van der Waals surface area contributed by atoms with Gasteiger partial charge in [-0.1, -0.05) is 12.1 Å². The smallest absolute Gasteiger partial charge is 0.227 e. The van der Waals surface area contributed by atoms with Crippen molar-refractivity contribution in [3.8, 4) is 0 Å². The van der Waals surface area contributed by atoms with E-state index in [1.165, 1.54) is 19.9 Å². The van der Waals surface area contributed by atoms with Crippen LogP contribution in [0.15, 0.2) is 24.3 Å². The fraction of sp³-hybridized carbons (Fsp3) is 0.286. The summed E-state index contributed by atoms with van der Waals surface area (Å²) in [4.78, 5) is 44.8. The lowest BCUT2D eigenvalue weighted by Gasteiger charge is -2.06. The fourth-order valence-corrected chi connectivity index (χ4v) is 1.54. The largest absolute Gasteiger partial charge is 0.348 e. The molecule has 0 atom stereocenters. The van der Waals surface area contributed by atoms with E-state index >= 15 is 0 Å². The second-order valence-corrected chi connectivity index (χ2v) is 4.34. The molecule has 0 unspecified atom stereocenters. The number of rotatable bonds is 6. The van der Waals surface area contributed by atoms with E-state index in [0.717, 1.165) is 0 Å². The Bertz CT molecular complexity index is 552. The van der Waals surface area contributed by atoms with Gasteiger partial charge in [-0.05, 0) is 19.1 Å². The number of amides is 2. The molecular weight excluding hydrogens is 260 g/mol. The van der Waals surface area contributed by atoms with Crippen LogP contribution in [0.1, 0.15) is 30.6 Å². The molecular formula is C14H16N2O4. The van der Waals surface area contributed by atoms with Crippen LogP contribution in [0.5, 0.6) is 0 Å². The van der Waals surface area contributed by atoms with Gasteiger partial charge in [0.25, 0.3) is 0 Å². The third-order valence-electron chi connectivity index (χ3n) is 2.36. The average molecular weight is 276 g/mol. The Labute approximate surface area is 116 Å². The molecule has 0 saturated heterocycles. The minimum atomic E-state index is -0.483. The van der Waals surface area contributed by atoms with E-state index in [1.807, 2.05) is 0 Å². The first-order valence-electron chi connectivity index (χ1n) is 6.05. The first-order chi connectivity index (χ1) is 9.38. The van der Waals surface area contributed by atoms with Gasteiger partial charge in [-0.2, -0.15) is 0 Å². The van der Waals surface area contributed by atoms with E-state index in [9.17, 15) is 19.2 Å². The van der Waals surface area contributed by atoms with Crippen molar-refractivity contribution in [3.05, 3.63) is 29.8 Å². The lowest BCUT2D eigenvalue weighted by molar-refractivity contribution is -0.127. The minimum Gasteiger partial charge on any atom is -0.348 e. The topological polar surface area (TPSA) is 92.3 Å². The summed E-state index contributed by atoms with van der Waals surface area (Å²) >= 11 is 0. The van der Waals surface area contributed by atoms with E-state index in [4.69, 9.17) is 0 Å². The molecule has 0 aliphatic carbocycles. The van der Waals surface area contributed by atoms with Gasteiger partial charge in [0.2, 0.25) is 11.8 Å². The molecule has 1 aromatic rings. The van der Waals surface area contributed by atoms with Crippen LogP contribution in [0.3, 0.4) is 0 Å². The Morgan fingerprint density at radius 1 is 1.10 bits per heavy atom. The summed E-state index contributed by atoms with van der Waals surface area (Å²) in [5.41, 5.74) is 0.887. The van der Waals surface area contributed by atoms with Crippen LogP contribution in [0.25, 0.3) is 0 Å². The van der Waals surface area contributed by atoms with Crippen molar-refractivity contribution in [2.45, 2.75) is 20.3 Å². The van der Waals surface area contributed by atoms with Crippen LogP contribution in [-0.2, 0) is 14.4 Å². The van der Waals surface area contributed by atoms with Crippen molar-refractivity contribution in [1.82, 2.24) is 5.32 Å². The highest BCUT2D eigenvalue weighted by molar-refractivity contribution is 6.03. The molecule has 0 bridgehead atoms. The lowest BCUT2D eigenvalue weighted by atomic mass is 10.1. The normalized spacial score (nSPS) is 9.70. The number of hydrogen-bond acceptors (Lipinski definition) is 4. The van der Waals surface area contributed by atoms with Crippen LogP contribution in [0, 0.1) is 0 Å². The first-order valence-corrected chi connectivity index (χ1v) is 6.05. The predicted molar refractivity (Wildman–Crippen MR) is 73.4 cm³/mol. The van der Waals surface area contributed by atoms with Gasteiger partial charge >= 0.3 is 0 Å². The molecule has 20 heavy (non-hydrogen) atoms. The van der Waals surface area contributed by atoms with Crippen molar-refractivity contribution >= 4 is 29.1 Å². The standard InChI is InChI=1S/C14H16N2O4/c1-9(17)6-14(20)15-8-13(19)11-4-3-5-12(7-11)16-10(2)18/h3-5,7H,6,8H2,1-2H3,(H,15,20)(H,16,18). The number of nitrogens with one attached hydrogen (secondary N) is 2. The molecule has 1 rings (SSSR count). The highest BCUT2D eigenvalue weighted by atomic mass is 16.2. The molecule has 1 aromatic carbocycles. The number of hydrogen-bond donors (Lipinski definition) is 2. The number of carbonyl (C=O) groups excluding carboxylic acids is 4. The Hall–Kier alpha value is -2.50. The number of anilines is 1. The molecule has 6 nitrogen and oxygen atoms in total. The van der Waals surface area contributed by atoms with E-state index in [-0.39, 0.29) is 30.4 Å². The van der Waals surface area contributed by atoms with Gasteiger partial charge in [-0.15, -0.1) is 0 Å². The Kier molecular flexibility index (Phi) is 5.58. The van der Waals surface area contributed by atoms with Gasteiger partial charge in [0, 0.05) is 18.2 Å². The predicted octanol–water partition coefficient (Wildman–Crippen LogP) is 0.923. The third-order valence-corrected chi connectivity index (χ3v) is 2.36. The van der Waals surface area contributed by atoms with E-state index in [2.05, 4.69) is 10.6 Å². The average Bonchev–Trinajstić information content (AvgIpc) is 2.34. The van der Waals surface area contributed by atoms with E-state index < -0.39 is 5.91 Å². The van der Waals surface area contributed by atoms with Crippen LogP contribution >= 0.6 is 0 Å². The summed E-state index contributed by atoms with van der Waals surface area (Å²) < 4.78 is 0. The fourth-order valence-electron chi connectivity index (χ4n) is 1.54. The van der Waals surface area contributed by atoms with Crippen molar-refractivity contribution in [3.63, 3.8) is 0 Å². The number of carbonyl (C=O) groups is 4. The van der Waals surface area contributed by atoms with Crippen LogP contribution < -0.4 is 10.6 Å². The quantitative estimate of drug-likeness (QED) is 0.597. The molecule has 106 valence electrons. The summed E-state index contributed by atoms with van der Waals surface area (Å²) in [6.45, 7) is 2.49. The van der Waals surface area contributed by atoms with E-state index in [1.54, 1.807) is 18.2 Å². The lowest BCUT2D eigenvalue weighted by Crippen LogP contribution is -2.30. The van der Waals surface area contributed by atoms with Gasteiger partial charge in [0.05, 0.1) is 13.0 Å². The first kappa shape index (κ1) is 15.6. The molecule has 0 aliphatic rings. The number of benzene rings is 1. The van der Waals surface area contributed by atoms with Crippen molar-refractivity contribution in [1.29, 1.82) is 0 Å². The van der Waals surface area contributed by atoms with Gasteiger partial charge in [0.1, 0.15) is 5.78 Å². The summed E-state index contributed by atoms with van der Waals surface area (Å²) in [7, 11) is 0.